The number of ether oxygens (including phenoxy) is 2. The SMILES string of the molecule is COc1ccc(C2CC(=O)N(c3ccc(C#N)cc3)C3=C2C(=O)CCC3)cc1OC. The molecule has 1 amide bonds. The molecule has 0 fully saturated rings. The molecule has 6 heteroatoms. The molecular formula is C24H22N2O4. The van der Waals surface area contributed by atoms with Crippen LogP contribution in [0.4, 0.5) is 5.69 Å². The van der Waals surface area contributed by atoms with Crippen LogP contribution >= 0.6 is 0 Å². The summed E-state index contributed by atoms with van der Waals surface area (Å²) in [4.78, 5) is 27.9. The Kier molecular flexibility index (Phi) is 5.28. The van der Waals surface area contributed by atoms with Crippen LogP contribution in [-0.2, 0) is 9.59 Å². The number of carbonyl (C=O) groups excluding carboxylic acids is 2. The van der Waals surface area contributed by atoms with Crippen molar-refractivity contribution in [3.63, 3.8) is 0 Å². The van der Waals surface area contributed by atoms with Gasteiger partial charge in [-0.25, -0.2) is 0 Å². The lowest BCUT2D eigenvalue weighted by atomic mass is 9.77. The Morgan fingerprint density at radius 2 is 1.73 bits per heavy atom. The number of nitrogens with zero attached hydrogens (tertiary/aromatic N) is 2. The summed E-state index contributed by atoms with van der Waals surface area (Å²) < 4.78 is 10.7. The number of allylic oxidation sites excluding steroid dienone is 2. The number of methoxy groups -OCH3 is 2. The van der Waals surface area contributed by atoms with Gasteiger partial charge in [-0.2, -0.15) is 5.26 Å². The van der Waals surface area contributed by atoms with Gasteiger partial charge in [0.15, 0.2) is 17.3 Å². The number of benzene rings is 2. The minimum Gasteiger partial charge on any atom is -0.493 e. The van der Waals surface area contributed by atoms with E-state index in [1.54, 1.807) is 49.5 Å². The van der Waals surface area contributed by atoms with Crippen molar-refractivity contribution in [2.75, 3.05) is 19.1 Å². The lowest BCUT2D eigenvalue weighted by Crippen LogP contribution is -2.40. The number of rotatable bonds is 4. The first-order chi connectivity index (χ1) is 14.6. The molecule has 0 saturated heterocycles. The standard InChI is InChI=1S/C24H22N2O4/c1-29-21-11-8-16(12-22(21)30-2)18-13-23(28)26(17-9-6-15(14-25)7-10-17)19-4-3-5-20(27)24(18)19/h6-12,18H,3-5,13H2,1-2H3. The Hall–Kier alpha value is -3.59. The van der Waals surface area contributed by atoms with Crippen molar-refractivity contribution in [3.05, 3.63) is 64.9 Å². The van der Waals surface area contributed by atoms with Gasteiger partial charge in [-0.3, -0.25) is 14.5 Å². The summed E-state index contributed by atoms with van der Waals surface area (Å²) in [7, 11) is 3.14. The molecule has 30 heavy (non-hydrogen) atoms. The number of nitriles is 1. The van der Waals surface area contributed by atoms with Crippen molar-refractivity contribution in [2.45, 2.75) is 31.6 Å². The third-order valence-corrected chi connectivity index (χ3v) is 5.74. The van der Waals surface area contributed by atoms with Gasteiger partial charge in [-0.15, -0.1) is 0 Å². The fourth-order valence-electron chi connectivity index (χ4n) is 4.33. The minimum atomic E-state index is -0.310. The van der Waals surface area contributed by atoms with Gasteiger partial charge in [0.2, 0.25) is 5.91 Å². The van der Waals surface area contributed by atoms with Gasteiger partial charge in [0, 0.05) is 35.7 Å². The van der Waals surface area contributed by atoms with E-state index in [0.717, 1.165) is 17.7 Å². The zero-order chi connectivity index (χ0) is 21.3. The first-order valence-electron chi connectivity index (χ1n) is 9.88. The maximum atomic E-state index is 13.2. The van der Waals surface area contributed by atoms with Crippen LogP contribution in [0.2, 0.25) is 0 Å². The Morgan fingerprint density at radius 1 is 1.00 bits per heavy atom. The molecule has 1 aliphatic heterocycles. The van der Waals surface area contributed by atoms with E-state index in [2.05, 4.69) is 6.07 Å². The third kappa shape index (κ3) is 3.33. The molecular weight excluding hydrogens is 380 g/mol. The van der Waals surface area contributed by atoms with Crippen molar-refractivity contribution >= 4 is 17.4 Å². The van der Waals surface area contributed by atoms with Crippen LogP contribution in [0.15, 0.2) is 53.7 Å². The van der Waals surface area contributed by atoms with Crippen molar-refractivity contribution < 1.29 is 19.1 Å². The van der Waals surface area contributed by atoms with E-state index in [-0.39, 0.29) is 24.0 Å². The summed E-state index contributed by atoms with van der Waals surface area (Å²) >= 11 is 0. The van der Waals surface area contributed by atoms with Crippen LogP contribution in [0.3, 0.4) is 0 Å². The minimum absolute atomic E-state index is 0.0621. The lowest BCUT2D eigenvalue weighted by Gasteiger charge is -2.38. The van der Waals surface area contributed by atoms with E-state index in [9.17, 15) is 9.59 Å². The van der Waals surface area contributed by atoms with Crippen molar-refractivity contribution in [1.29, 1.82) is 5.26 Å². The highest BCUT2D eigenvalue weighted by atomic mass is 16.5. The fraction of sp³-hybridized carbons (Fsp3) is 0.292. The van der Waals surface area contributed by atoms with Gasteiger partial charge in [0.25, 0.3) is 0 Å². The Balaban J connectivity index is 1.82. The largest absolute Gasteiger partial charge is 0.493 e. The first kappa shape index (κ1) is 19.7. The summed E-state index contributed by atoms with van der Waals surface area (Å²) in [6.45, 7) is 0. The Labute approximate surface area is 175 Å². The zero-order valence-electron chi connectivity index (χ0n) is 17.0. The number of hydrogen-bond donors (Lipinski definition) is 0. The molecule has 0 N–H and O–H groups in total. The number of ketones is 1. The maximum Gasteiger partial charge on any atom is 0.232 e. The number of carbonyl (C=O) groups is 2. The summed E-state index contributed by atoms with van der Waals surface area (Å²) in [6, 6.07) is 14.5. The van der Waals surface area contributed by atoms with Gasteiger partial charge < -0.3 is 9.47 Å². The van der Waals surface area contributed by atoms with Crippen LogP contribution in [0.5, 0.6) is 11.5 Å². The van der Waals surface area contributed by atoms with Crippen molar-refractivity contribution in [3.8, 4) is 17.6 Å². The normalized spacial score (nSPS) is 18.7. The van der Waals surface area contributed by atoms with E-state index in [1.165, 1.54) is 0 Å². The zero-order valence-corrected chi connectivity index (χ0v) is 17.0. The summed E-state index contributed by atoms with van der Waals surface area (Å²) in [5.74, 6) is 0.888. The predicted molar refractivity (Wildman–Crippen MR) is 111 cm³/mol. The maximum absolute atomic E-state index is 13.2. The average Bonchev–Trinajstić information content (AvgIpc) is 2.78. The molecule has 0 spiro atoms. The van der Waals surface area contributed by atoms with Crippen LogP contribution in [0, 0.1) is 11.3 Å². The molecule has 0 aromatic heterocycles. The van der Waals surface area contributed by atoms with E-state index in [0.29, 0.717) is 41.2 Å². The molecule has 1 heterocycles. The number of anilines is 1. The van der Waals surface area contributed by atoms with Crippen LogP contribution in [-0.4, -0.2) is 25.9 Å². The van der Waals surface area contributed by atoms with Gasteiger partial charge in [0.1, 0.15) is 0 Å². The van der Waals surface area contributed by atoms with E-state index in [4.69, 9.17) is 14.7 Å². The number of amides is 1. The topological polar surface area (TPSA) is 79.6 Å². The highest BCUT2D eigenvalue weighted by molar-refractivity contribution is 6.07. The first-order valence-corrected chi connectivity index (χ1v) is 9.88. The molecule has 6 nitrogen and oxygen atoms in total. The molecule has 1 unspecified atom stereocenters. The Bertz CT molecular complexity index is 1080. The molecule has 1 atom stereocenters. The van der Waals surface area contributed by atoms with E-state index < -0.39 is 0 Å². The lowest BCUT2D eigenvalue weighted by molar-refractivity contribution is -0.119. The van der Waals surface area contributed by atoms with Gasteiger partial charge in [0.05, 0.1) is 25.9 Å². The smallest absolute Gasteiger partial charge is 0.232 e. The molecule has 0 saturated carbocycles. The predicted octanol–water partition coefficient (Wildman–Crippen LogP) is 4.10. The highest BCUT2D eigenvalue weighted by Gasteiger charge is 2.39. The summed E-state index contributed by atoms with van der Waals surface area (Å²) in [5.41, 5.74) is 3.56. The molecule has 2 aromatic carbocycles. The average molecular weight is 402 g/mol. The quantitative estimate of drug-likeness (QED) is 0.769. The van der Waals surface area contributed by atoms with Crippen molar-refractivity contribution in [1.82, 2.24) is 0 Å². The summed E-state index contributed by atoms with van der Waals surface area (Å²) in [5, 5.41) is 9.05. The third-order valence-electron chi connectivity index (χ3n) is 5.74. The second-order valence-corrected chi connectivity index (χ2v) is 7.40. The van der Waals surface area contributed by atoms with Gasteiger partial charge in [-0.1, -0.05) is 6.07 Å². The van der Waals surface area contributed by atoms with Gasteiger partial charge in [-0.05, 0) is 54.8 Å². The van der Waals surface area contributed by atoms with E-state index in [1.807, 2.05) is 12.1 Å². The second kappa shape index (κ2) is 8.03. The second-order valence-electron chi connectivity index (χ2n) is 7.40. The summed E-state index contributed by atoms with van der Waals surface area (Å²) in [6.07, 6.45) is 2.06. The fourth-order valence-corrected chi connectivity index (χ4v) is 4.33. The number of Topliss-reactive ketones (excluding diaryl/α,β-unsaturated/α-hetero) is 1. The molecule has 0 bridgehead atoms. The van der Waals surface area contributed by atoms with E-state index >= 15 is 0 Å². The molecule has 1 aliphatic carbocycles. The van der Waals surface area contributed by atoms with Crippen LogP contribution < -0.4 is 14.4 Å². The number of hydrogen-bond acceptors (Lipinski definition) is 5. The monoisotopic (exact) mass is 402 g/mol. The van der Waals surface area contributed by atoms with Crippen LogP contribution in [0.1, 0.15) is 42.7 Å². The molecule has 152 valence electrons. The molecule has 2 aromatic rings. The highest BCUT2D eigenvalue weighted by Crippen LogP contribution is 2.44. The Morgan fingerprint density at radius 3 is 2.40 bits per heavy atom. The molecule has 0 radical (unpaired) electrons. The van der Waals surface area contributed by atoms with Gasteiger partial charge >= 0.3 is 0 Å². The molecule has 2 aliphatic rings. The molecule has 4 rings (SSSR count). The van der Waals surface area contributed by atoms with Crippen molar-refractivity contribution in [2.24, 2.45) is 0 Å². The van der Waals surface area contributed by atoms with Crippen LogP contribution in [0.25, 0.3) is 0 Å².